The van der Waals surface area contributed by atoms with Crippen LogP contribution in [0.5, 0.6) is 0 Å². The topological polar surface area (TPSA) is 42.4 Å². The van der Waals surface area contributed by atoms with Crippen molar-refractivity contribution in [1.82, 2.24) is 9.88 Å². The minimum absolute atomic E-state index is 0.113. The molecule has 1 unspecified atom stereocenters. The van der Waals surface area contributed by atoms with Gasteiger partial charge in [-0.15, -0.1) is 0 Å². The highest BCUT2D eigenvalue weighted by atomic mass is 19.3. The van der Waals surface area contributed by atoms with Crippen molar-refractivity contribution in [2.75, 3.05) is 13.2 Å². The van der Waals surface area contributed by atoms with Crippen LogP contribution < -0.4 is 0 Å². The third-order valence-electron chi connectivity index (χ3n) is 4.42. The first-order valence-corrected chi connectivity index (χ1v) is 7.60. The number of hydrogen-bond acceptors (Lipinski definition) is 3. The van der Waals surface area contributed by atoms with E-state index in [0.29, 0.717) is 25.6 Å². The Balaban J connectivity index is 1.91. The lowest BCUT2D eigenvalue weighted by atomic mass is 10.0. The summed E-state index contributed by atoms with van der Waals surface area (Å²) in [4.78, 5) is 17.6. The van der Waals surface area contributed by atoms with Gasteiger partial charge >= 0.3 is 5.92 Å². The van der Waals surface area contributed by atoms with Crippen LogP contribution in [0.4, 0.5) is 8.78 Å². The van der Waals surface area contributed by atoms with Crippen molar-refractivity contribution in [1.29, 1.82) is 0 Å². The highest BCUT2D eigenvalue weighted by Crippen LogP contribution is 2.51. The Labute approximate surface area is 128 Å². The molecule has 1 saturated carbocycles. The van der Waals surface area contributed by atoms with E-state index in [-0.39, 0.29) is 5.41 Å². The fourth-order valence-electron chi connectivity index (χ4n) is 2.87. The van der Waals surface area contributed by atoms with Crippen molar-refractivity contribution >= 4 is 5.91 Å². The van der Waals surface area contributed by atoms with E-state index in [0.717, 1.165) is 25.0 Å². The number of halogens is 2. The maximum absolute atomic E-state index is 13.5. The van der Waals surface area contributed by atoms with Crippen LogP contribution in [0.15, 0.2) is 18.3 Å². The van der Waals surface area contributed by atoms with Gasteiger partial charge in [0.2, 0.25) is 0 Å². The number of alkyl halides is 2. The molecule has 6 heteroatoms. The molecule has 4 nitrogen and oxygen atoms in total. The number of aryl methyl sites for hydroxylation is 1. The molecule has 1 amide bonds. The van der Waals surface area contributed by atoms with Gasteiger partial charge in [0.05, 0.1) is 6.61 Å². The molecule has 2 heterocycles. The summed E-state index contributed by atoms with van der Waals surface area (Å²) >= 11 is 0. The Kier molecular flexibility index (Phi) is 3.67. The second-order valence-corrected chi connectivity index (χ2v) is 6.42. The van der Waals surface area contributed by atoms with Gasteiger partial charge in [0.15, 0.2) is 6.23 Å². The van der Waals surface area contributed by atoms with E-state index in [2.05, 4.69) is 4.98 Å². The number of nitrogens with zero attached hydrogens (tertiary/aromatic N) is 2. The molecule has 0 aromatic carbocycles. The second kappa shape index (κ2) is 5.26. The fraction of sp³-hybridized carbons (Fsp3) is 0.625. The molecule has 22 heavy (non-hydrogen) atoms. The van der Waals surface area contributed by atoms with Crippen molar-refractivity contribution in [2.45, 2.75) is 45.3 Å². The summed E-state index contributed by atoms with van der Waals surface area (Å²) in [6.45, 7) is 3.46. The van der Waals surface area contributed by atoms with E-state index in [4.69, 9.17) is 4.74 Å². The maximum Gasteiger partial charge on any atom is 0.322 e. The van der Waals surface area contributed by atoms with Gasteiger partial charge in [-0.2, -0.15) is 8.78 Å². The summed E-state index contributed by atoms with van der Waals surface area (Å²) in [7, 11) is 0. The van der Waals surface area contributed by atoms with Crippen molar-refractivity contribution in [3.05, 3.63) is 29.6 Å². The number of carbonyl (C=O) groups excluding carboxylic acids is 1. The Hall–Kier alpha value is -1.56. The fourth-order valence-corrected chi connectivity index (χ4v) is 2.87. The first-order chi connectivity index (χ1) is 10.3. The Bertz CT molecular complexity index is 582. The van der Waals surface area contributed by atoms with Crippen LogP contribution in [0.25, 0.3) is 0 Å². The molecule has 0 radical (unpaired) electrons. The van der Waals surface area contributed by atoms with Gasteiger partial charge in [-0.1, -0.05) is 6.92 Å². The van der Waals surface area contributed by atoms with Gasteiger partial charge in [0.25, 0.3) is 5.91 Å². The molecule has 2 aliphatic rings. The molecule has 1 saturated heterocycles. The number of carbonyl (C=O) groups is 1. The molecule has 1 aromatic rings. The molecular formula is C16H20F2N2O2. The highest BCUT2D eigenvalue weighted by molar-refractivity contribution is 5.83. The lowest BCUT2D eigenvalue weighted by molar-refractivity contribution is -0.186. The minimum atomic E-state index is -3.39. The lowest BCUT2D eigenvalue weighted by Gasteiger charge is -2.41. The van der Waals surface area contributed by atoms with Crippen LogP contribution in [0.3, 0.4) is 0 Å². The zero-order chi connectivity index (χ0) is 16.0. The van der Waals surface area contributed by atoms with Crippen LogP contribution >= 0.6 is 0 Å². The molecule has 2 fully saturated rings. The van der Waals surface area contributed by atoms with Gasteiger partial charge in [0.1, 0.15) is 0 Å². The van der Waals surface area contributed by atoms with Gasteiger partial charge in [0, 0.05) is 36.3 Å². The van der Waals surface area contributed by atoms with Crippen molar-refractivity contribution in [2.24, 2.45) is 5.41 Å². The van der Waals surface area contributed by atoms with Gasteiger partial charge in [-0.3, -0.25) is 9.78 Å². The predicted molar refractivity (Wildman–Crippen MR) is 76.3 cm³/mol. The summed E-state index contributed by atoms with van der Waals surface area (Å²) in [5, 5.41) is 0. The van der Waals surface area contributed by atoms with Gasteiger partial charge < -0.3 is 9.64 Å². The average Bonchev–Trinajstić information content (AvgIpc) is 3.24. The van der Waals surface area contributed by atoms with Crippen LogP contribution in [-0.4, -0.2) is 34.9 Å². The molecule has 1 aliphatic carbocycles. The summed E-state index contributed by atoms with van der Waals surface area (Å²) in [5.41, 5.74) is 1.45. The minimum Gasteiger partial charge on any atom is -0.353 e. The number of rotatable bonds is 3. The third kappa shape index (κ3) is 2.84. The summed E-state index contributed by atoms with van der Waals surface area (Å²) < 4.78 is 32.9. The normalized spacial score (nSPS) is 23.6. The van der Waals surface area contributed by atoms with Crippen LogP contribution in [-0.2, 0) is 16.0 Å². The Morgan fingerprint density at radius 2 is 2.27 bits per heavy atom. The Morgan fingerprint density at radius 1 is 1.55 bits per heavy atom. The van der Waals surface area contributed by atoms with Crippen LogP contribution in [0.2, 0.25) is 0 Å². The van der Waals surface area contributed by atoms with E-state index in [1.807, 2.05) is 13.0 Å². The summed E-state index contributed by atoms with van der Waals surface area (Å²) in [6.07, 6.45) is 3.47. The van der Waals surface area contributed by atoms with Gasteiger partial charge in [-0.25, -0.2) is 0 Å². The first kappa shape index (κ1) is 15.3. The molecule has 120 valence electrons. The largest absolute Gasteiger partial charge is 0.353 e. The van der Waals surface area contributed by atoms with Crippen LogP contribution in [0, 0.1) is 5.41 Å². The number of ether oxygens (including phenoxy) is 1. The number of aromatic nitrogens is 1. The number of amides is 1. The molecule has 1 spiro atoms. The smallest absolute Gasteiger partial charge is 0.322 e. The third-order valence-corrected chi connectivity index (χ3v) is 4.42. The van der Waals surface area contributed by atoms with Crippen molar-refractivity contribution < 1.29 is 18.3 Å². The van der Waals surface area contributed by atoms with Gasteiger partial charge in [-0.05, 0) is 31.4 Å². The van der Waals surface area contributed by atoms with E-state index >= 15 is 0 Å². The Morgan fingerprint density at radius 3 is 2.86 bits per heavy atom. The summed E-state index contributed by atoms with van der Waals surface area (Å²) in [5.74, 6) is -4.56. The monoisotopic (exact) mass is 310 g/mol. The second-order valence-electron chi connectivity index (χ2n) is 6.42. The molecule has 1 aromatic heterocycles. The average molecular weight is 310 g/mol. The lowest BCUT2D eigenvalue weighted by Crippen LogP contribution is -2.51. The standard InChI is InChI=1S/C16H20F2N2O2/c1-3-12-8-11(4-7-19-12)13-20(14(21)15(2,17)18)9-16(5-6-16)10-22-13/h4,7-8,13H,3,5-6,9-10H2,1-2H3. The molecule has 0 bridgehead atoms. The first-order valence-electron chi connectivity index (χ1n) is 7.60. The van der Waals surface area contributed by atoms with Crippen molar-refractivity contribution in [3.8, 4) is 0 Å². The zero-order valence-electron chi connectivity index (χ0n) is 12.8. The predicted octanol–water partition coefficient (Wildman–Crippen LogP) is 2.94. The van der Waals surface area contributed by atoms with E-state index in [9.17, 15) is 13.6 Å². The van der Waals surface area contributed by atoms with Crippen molar-refractivity contribution in [3.63, 3.8) is 0 Å². The quantitative estimate of drug-likeness (QED) is 0.862. The van der Waals surface area contributed by atoms with E-state index in [1.54, 1.807) is 12.3 Å². The maximum atomic E-state index is 13.5. The SMILES string of the molecule is CCc1cc(C2OCC3(CC3)CN2C(=O)C(C)(F)F)ccn1. The zero-order valence-corrected chi connectivity index (χ0v) is 12.8. The molecular weight excluding hydrogens is 290 g/mol. The molecule has 1 atom stereocenters. The molecule has 0 N–H and O–H groups in total. The summed E-state index contributed by atoms with van der Waals surface area (Å²) in [6, 6.07) is 3.55. The number of pyridine rings is 1. The molecule has 3 rings (SSSR count). The highest BCUT2D eigenvalue weighted by Gasteiger charge is 2.53. The van der Waals surface area contributed by atoms with Crippen LogP contribution in [0.1, 0.15) is 44.2 Å². The number of hydrogen-bond donors (Lipinski definition) is 0. The molecule has 1 aliphatic heterocycles. The van der Waals surface area contributed by atoms with E-state index in [1.165, 1.54) is 4.90 Å². The van der Waals surface area contributed by atoms with E-state index < -0.39 is 18.1 Å².